The van der Waals surface area contributed by atoms with Gasteiger partial charge in [-0.15, -0.1) is 0 Å². The average molecular weight is 564 g/mol. The lowest BCUT2D eigenvalue weighted by atomic mass is 9.83. The van der Waals surface area contributed by atoms with Gasteiger partial charge in [-0.3, -0.25) is 4.79 Å². The van der Waals surface area contributed by atoms with Gasteiger partial charge < -0.3 is 19.2 Å². The molecule has 0 saturated carbocycles. The molecule has 0 aliphatic carbocycles. The van der Waals surface area contributed by atoms with Crippen LogP contribution >= 0.6 is 11.6 Å². The number of aliphatic hydroxyl groups is 1. The van der Waals surface area contributed by atoms with Crippen LogP contribution in [0.1, 0.15) is 69.8 Å². The fourth-order valence-electron chi connectivity index (χ4n) is 4.94. The van der Waals surface area contributed by atoms with Crippen molar-refractivity contribution in [2.24, 2.45) is 0 Å². The number of carbonyl (C=O) groups excluding carboxylic acids is 1. The van der Waals surface area contributed by atoms with Crippen molar-refractivity contribution in [2.45, 2.75) is 96.6 Å². The Hall–Kier alpha value is -1.93. The van der Waals surface area contributed by atoms with Crippen molar-refractivity contribution in [3.8, 4) is 5.75 Å². The van der Waals surface area contributed by atoms with Crippen LogP contribution in [0.2, 0.25) is 23.2 Å². The molecule has 1 amide bonds. The van der Waals surface area contributed by atoms with Crippen molar-refractivity contribution in [1.82, 2.24) is 4.90 Å². The minimum Gasteiger partial charge on any atom is -0.494 e. The number of hydrogen-bond donors (Lipinski definition) is 1. The van der Waals surface area contributed by atoms with Gasteiger partial charge in [0.15, 0.2) is 19.9 Å². The van der Waals surface area contributed by atoms with Crippen molar-refractivity contribution in [3.63, 3.8) is 0 Å². The van der Waals surface area contributed by atoms with E-state index in [-0.39, 0.29) is 45.8 Å². The number of nitrogens with zero attached hydrogens (tertiary/aromatic N) is 1. The maximum absolute atomic E-state index is 15.1. The molecule has 3 rings (SSSR count). The van der Waals surface area contributed by atoms with Gasteiger partial charge in [-0.05, 0) is 74.1 Å². The third-order valence-electron chi connectivity index (χ3n) is 8.06. The fourth-order valence-corrected chi connectivity index (χ4v) is 6.20. The second-order valence-corrected chi connectivity index (χ2v) is 17.8. The van der Waals surface area contributed by atoms with Crippen LogP contribution in [-0.2, 0) is 28.5 Å². The highest BCUT2D eigenvalue weighted by atomic mass is 35.5. The summed E-state index contributed by atoms with van der Waals surface area (Å²) in [5.41, 5.74) is 2.54. The smallest absolute Gasteiger partial charge is 0.228 e. The Kier molecular flexibility index (Phi) is 9.08. The Bertz CT molecular complexity index is 1170. The second kappa shape index (κ2) is 11.3. The molecule has 0 saturated heterocycles. The normalized spacial score (nSPS) is 18.4. The Morgan fingerprint density at radius 1 is 1.18 bits per heavy atom. The number of carbonyl (C=O) groups is 1. The summed E-state index contributed by atoms with van der Waals surface area (Å²) in [5, 5.41) is 10.8. The molecule has 1 aliphatic heterocycles. The molecule has 0 bridgehead atoms. The number of ether oxygens (including phenoxy) is 1. The van der Waals surface area contributed by atoms with Gasteiger partial charge in [-0.25, -0.2) is 4.39 Å². The molecule has 0 radical (unpaired) electrons. The lowest BCUT2D eigenvalue weighted by Gasteiger charge is -2.45. The minimum absolute atomic E-state index is 0.0172. The standard InChI is InChI=1S/C30H43ClFNO4Si/c1-19-22-12-10-11-20(17-30(5,6)35)23(22)15-21(18-37-38(8,9)29(2,3)4)33(19)27(34)16-24-25(31)13-14-26(36-7)28(24)32/h10-14,19,21,35H,15-18H2,1-9H3/t19-,21+/m0/s1. The van der Waals surface area contributed by atoms with E-state index in [4.69, 9.17) is 20.8 Å². The number of halogens is 2. The molecule has 0 unspecified atom stereocenters. The van der Waals surface area contributed by atoms with E-state index in [0.717, 1.165) is 16.7 Å². The summed E-state index contributed by atoms with van der Waals surface area (Å²) in [7, 11) is -0.709. The highest BCUT2D eigenvalue weighted by Crippen LogP contribution is 2.40. The molecule has 38 heavy (non-hydrogen) atoms. The highest BCUT2D eigenvalue weighted by molar-refractivity contribution is 6.74. The van der Waals surface area contributed by atoms with Crippen LogP contribution in [0.3, 0.4) is 0 Å². The van der Waals surface area contributed by atoms with Crippen LogP contribution in [0, 0.1) is 5.82 Å². The van der Waals surface area contributed by atoms with Crippen LogP contribution in [0.5, 0.6) is 5.75 Å². The van der Waals surface area contributed by atoms with E-state index in [2.05, 4.69) is 39.9 Å². The summed E-state index contributed by atoms with van der Waals surface area (Å²) in [4.78, 5) is 15.8. The summed E-state index contributed by atoms with van der Waals surface area (Å²) >= 11 is 6.34. The van der Waals surface area contributed by atoms with E-state index >= 15 is 4.39 Å². The van der Waals surface area contributed by atoms with Gasteiger partial charge in [0.25, 0.3) is 0 Å². The highest BCUT2D eigenvalue weighted by Gasteiger charge is 2.41. The summed E-state index contributed by atoms with van der Waals surface area (Å²) in [5.74, 6) is -0.766. The van der Waals surface area contributed by atoms with Gasteiger partial charge in [-0.1, -0.05) is 50.6 Å². The Labute approximate surface area is 233 Å². The lowest BCUT2D eigenvalue weighted by molar-refractivity contribution is -0.137. The zero-order chi connectivity index (χ0) is 28.6. The largest absolute Gasteiger partial charge is 0.494 e. The van der Waals surface area contributed by atoms with Crippen molar-refractivity contribution in [1.29, 1.82) is 0 Å². The van der Waals surface area contributed by atoms with Crippen LogP contribution < -0.4 is 4.74 Å². The van der Waals surface area contributed by atoms with E-state index in [1.165, 1.54) is 13.2 Å². The third-order valence-corrected chi connectivity index (χ3v) is 12.9. The molecule has 5 nitrogen and oxygen atoms in total. The molecule has 2 atom stereocenters. The number of benzene rings is 2. The monoisotopic (exact) mass is 563 g/mol. The molecule has 2 aromatic carbocycles. The summed E-state index contributed by atoms with van der Waals surface area (Å²) in [6.45, 7) is 17.0. The Balaban J connectivity index is 2.03. The van der Waals surface area contributed by atoms with Crippen LogP contribution in [-0.4, -0.2) is 49.6 Å². The number of fused-ring (bicyclic) bond motifs is 1. The molecular weight excluding hydrogens is 521 g/mol. The SMILES string of the molecule is COc1ccc(Cl)c(CC(=O)N2[C@@H](CO[Si](C)(C)C(C)(C)C)Cc3c(CC(C)(C)O)cccc3[C@@H]2C)c1F. The van der Waals surface area contributed by atoms with Crippen molar-refractivity contribution in [3.05, 3.63) is 63.4 Å². The van der Waals surface area contributed by atoms with E-state index in [1.54, 1.807) is 19.9 Å². The van der Waals surface area contributed by atoms with Gasteiger partial charge in [0.2, 0.25) is 5.91 Å². The molecule has 2 aromatic rings. The van der Waals surface area contributed by atoms with Crippen molar-refractivity contribution >= 4 is 25.8 Å². The molecule has 210 valence electrons. The molecular formula is C30H43ClFNO4Si. The van der Waals surface area contributed by atoms with E-state index < -0.39 is 19.7 Å². The zero-order valence-corrected chi connectivity index (χ0v) is 26.0. The first-order valence-corrected chi connectivity index (χ1v) is 16.5. The summed E-state index contributed by atoms with van der Waals surface area (Å²) in [6, 6.07) is 8.59. The topological polar surface area (TPSA) is 59.0 Å². The Morgan fingerprint density at radius 3 is 2.42 bits per heavy atom. The van der Waals surface area contributed by atoms with Gasteiger partial charge in [0.1, 0.15) is 0 Å². The Morgan fingerprint density at radius 2 is 1.84 bits per heavy atom. The average Bonchev–Trinajstić information content (AvgIpc) is 2.79. The van der Waals surface area contributed by atoms with E-state index in [9.17, 15) is 9.90 Å². The first kappa shape index (κ1) is 30.6. The summed E-state index contributed by atoms with van der Waals surface area (Å²) < 4.78 is 26.9. The van der Waals surface area contributed by atoms with E-state index in [0.29, 0.717) is 19.4 Å². The third kappa shape index (κ3) is 6.61. The number of hydrogen-bond acceptors (Lipinski definition) is 4. The molecule has 0 fully saturated rings. The fraction of sp³-hybridized carbons (Fsp3) is 0.567. The maximum Gasteiger partial charge on any atom is 0.228 e. The molecule has 0 spiro atoms. The van der Waals surface area contributed by atoms with Gasteiger partial charge in [0.05, 0.1) is 37.8 Å². The summed E-state index contributed by atoms with van der Waals surface area (Å²) in [6.07, 6.45) is 0.930. The van der Waals surface area contributed by atoms with Crippen molar-refractivity contribution in [2.75, 3.05) is 13.7 Å². The predicted molar refractivity (Wildman–Crippen MR) is 154 cm³/mol. The zero-order valence-electron chi connectivity index (χ0n) is 24.2. The quantitative estimate of drug-likeness (QED) is 0.356. The van der Waals surface area contributed by atoms with Gasteiger partial charge in [-0.2, -0.15) is 0 Å². The van der Waals surface area contributed by atoms with Crippen LogP contribution in [0.15, 0.2) is 30.3 Å². The lowest BCUT2D eigenvalue weighted by Crippen LogP contribution is -2.52. The van der Waals surface area contributed by atoms with Crippen molar-refractivity contribution < 1.29 is 23.5 Å². The molecule has 1 N–H and O–H groups in total. The minimum atomic E-state index is -2.10. The molecule has 1 heterocycles. The van der Waals surface area contributed by atoms with E-state index in [1.807, 2.05) is 24.0 Å². The van der Waals surface area contributed by atoms with Crippen LogP contribution in [0.4, 0.5) is 4.39 Å². The number of rotatable bonds is 8. The predicted octanol–water partition coefficient (Wildman–Crippen LogP) is 6.88. The number of methoxy groups -OCH3 is 1. The molecule has 8 heteroatoms. The van der Waals surface area contributed by atoms with Gasteiger partial charge >= 0.3 is 0 Å². The number of amides is 1. The first-order chi connectivity index (χ1) is 17.5. The first-order valence-electron chi connectivity index (χ1n) is 13.3. The maximum atomic E-state index is 15.1. The molecule has 0 aromatic heterocycles. The van der Waals surface area contributed by atoms with Crippen LogP contribution in [0.25, 0.3) is 0 Å². The molecule has 1 aliphatic rings. The van der Waals surface area contributed by atoms with Gasteiger partial charge in [0, 0.05) is 17.0 Å². The second-order valence-electron chi connectivity index (χ2n) is 12.6.